The van der Waals surface area contributed by atoms with Gasteiger partial charge in [0.05, 0.1) is 18.7 Å². The van der Waals surface area contributed by atoms with E-state index in [4.69, 9.17) is 19.5 Å². The van der Waals surface area contributed by atoms with Gasteiger partial charge in [-0.1, -0.05) is 66.7 Å². The third-order valence-corrected chi connectivity index (χ3v) is 6.64. The standard InChI is InChI=1S/C32H28N2O4/c1-36-29-17-14-26-21-34(19-18-28(26)31(29)37-22-24-8-4-2-5-9-24)32(35)30(25-10-6-3-7-11-25)38-27-15-12-23(20-33)13-16-27/h2-17,30H,18-19,21-22H2,1H3. The molecule has 0 saturated heterocycles. The molecule has 1 atom stereocenters. The Morgan fingerprint density at radius 2 is 1.66 bits per heavy atom. The van der Waals surface area contributed by atoms with Crippen LogP contribution in [0.15, 0.2) is 97.1 Å². The Balaban J connectivity index is 1.38. The van der Waals surface area contributed by atoms with E-state index in [1.54, 1.807) is 31.4 Å². The highest BCUT2D eigenvalue weighted by molar-refractivity contribution is 5.83. The predicted molar refractivity (Wildman–Crippen MR) is 144 cm³/mol. The molecule has 0 aromatic heterocycles. The topological polar surface area (TPSA) is 71.8 Å². The van der Waals surface area contributed by atoms with Gasteiger partial charge in [-0.2, -0.15) is 5.26 Å². The molecule has 1 aliphatic heterocycles. The highest BCUT2D eigenvalue weighted by Gasteiger charge is 2.32. The molecule has 0 radical (unpaired) electrons. The lowest BCUT2D eigenvalue weighted by Crippen LogP contribution is -2.40. The van der Waals surface area contributed by atoms with E-state index < -0.39 is 6.10 Å². The normalized spacial score (nSPS) is 13.1. The first-order valence-electron chi connectivity index (χ1n) is 12.5. The maximum Gasteiger partial charge on any atom is 0.268 e. The van der Waals surface area contributed by atoms with Crippen LogP contribution < -0.4 is 14.2 Å². The summed E-state index contributed by atoms with van der Waals surface area (Å²) in [6.07, 6.45) is -0.168. The highest BCUT2D eigenvalue weighted by atomic mass is 16.5. The molecule has 4 aromatic carbocycles. The average molecular weight is 505 g/mol. The molecular formula is C32H28N2O4. The fourth-order valence-corrected chi connectivity index (χ4v) is 4.64. The Bertz CT molecular complexity index is 1430. The van der Waals surface area contributed by atoms with Crippen LogP contribution in [0.4, 0.5) is 0 Å². The van der Waals surface area contributed by atoms with Crippen LogP contribution in [-0.2, 0) is 24.4 Å². The summed E-state index contributed by atoms with van der Waals surface area (Å²) in [4.78, 5) is 15.7. The Labute approximate surface area is 222 Å². The fourth-order valence-electron chi connectivity index (χ4n) is 4.64. The van der Waals surface area contributed by atoms with Crippen molar-refractivity contribution in [3.8, 4) is 23.3 Å². The lowest BCUT2D eigenvalue weighted by molar-refractivity contribution is -0.140. The molecule has 0 N–H and O–H groups in total. The van der Waals surface area contributed by atoms with Crippen LogP contribution in [0.3, 0.4) is 0 Å². The fraction of sp³-hybridized carbons (Fsp3) is 0.188. The van der Waals surface area contributed by atoms with E-state index in [0.717, 1.165) is 28.0 Å². The Hall–Kier alpha value is -4.76. The predicted octanol–water partition coefficient (Wildman–Crippen LogP) is 5.85. The first kappa shape index (κ1) is 24.9. The molecule has 1 unspecified atom stereocenters. The zero-order chi connectivity index (χ0) is 26.3. The summed E-state index contributed by atoms with van der Waals surface area (Å²) in [5, 5.41) is 9.10. The minimum Gasteiger partial charge on any atom is -0.493 e. The summed E-state index contributed by atoms with van der Waals surface area (Å²) < 4.78 is 18.1. The van der Waals surface area contributed by atoms with Crippen molar-refractivity contribution < 1.29 is 19.0 Å². The SMILES string of the molecule is COc1ccc2c(c1OCc1ccccc1)CCN(C(=O)C(Oc1ccc(C#N)cc1)c1ccccc1)C2. The van der Waals surface area contributed by atoms with Gasteiger partial charge in [-0.3, -0.25) is 4.79 Å². The Morgan fingerprint density at radius 3 is 2.34 bits per heavy atom. The van der Waals surface area contributed by atoms with Gasteiger partial charge >= 0.3 is 0 Å². The van der Waals surface area contributed by atoms with Crippen molar-refractivity contribution in [1.82, 2.24) is 4.90 Å². The molecule has 5 rings (SSSR count). The number of methoxy groups -OCH3 is 1. The number of hydrogen-bond donors (Lipinski definition) is 0. The first-order valence-corrected chi connectivity index (χ1v) is 12.5. The van der Waals surface area contributed by atoms with Crippen molar-refractivity contribution in [2.24, 2.45) is 0 Å². The number of benzene rings is 4. The lowest BCUT2D eigenvalue weighted by Gasteiger charge is -2.33. The van der Waals surface area contributed by atoms with Gasteiger partial charge < -0.3 is 19.1 Å². The van der Waals surface area contributed by atoms with Gasteiger partial charge in [0.1, 0.15) is 12.4 Å². The van der Waals surface area contributed by atoms with Crippen LogP contribution in [0.5, 0.6) is 17.2 Å². The van der Waals surface area contributed by atoms with Crippen molar-refractivity contribution in [2.45, 2.75) is 25.7 Å². The maximum absolute atomic E-state index is 13.8. The van der Waals surface area contributed by atoms with Crippen molar-refractivity contribution in [3.63, 3.8) is 0 Å². The number of ether oxygens (including phenoxy) is 3. The maximum atomic E-state index is 13.8. The average Bonchev–Trinajstić information content (AvgIpc) is 2.99. The smallest absolute Gasteiger partial charge is 0.268 e. The second kappa shape index (κ2) is 11.5. The van der Waals surface area contributed by atoms with Gasteiger partial charge in [-0.05, 0) is 47.9 Å². The molecule has 0 spiro atoms. The molecule has 0 saturated carbocycles. The van der Waals surface area contributed by atoms with Gasteiger partial charge in [-0.15, -0.1) is 0 Å². The number of nitriles is 1. The quantitative estimate of drug-likeness (QED) is 0.301. The number of carbonyl (C=O) groups is 1. The van der Waals surface area contributed by atoms with E-state index >= 15 is 0 Å². The molecule has 4 aromatic rings. The van der Waals surface area contributed by atoms with E-state index in [-0.39, 0.29) is 5.91 Å². The number of carbonyl (C=O) groups excluding carboxylic acids is 1. The van der Waals surface area contributed by atoms with Gasteiger partial charge in [0.25, 0.3) is 5.91 Å². The third kappa shape index (κ3) is 5.47. The van der Waals surface area contributed by atoms with E-state index in [1.807, 2.05) is 77.7 Å². The largest absolute Gasteiger partial charge is 0.493 e. The van der Waals surface area contributed by atoms with Crippen molar-refractivity contribution in [2.75, 3.05) is 13.7 Å². The summed E-state index contributed by atoms with van der Waals surface area (Å²) >= 11 is 0. The Morgan fingerprint density at radius 1 is 0.947 bits per heavy atom. The molecule has 0 aliphatic carbocycles. The number of amides is 1. The molecule has 0 bridgehead atoms. The minimum atomic E-state index is -0.808. The molecule has 6 heteroatoms. The summed E-state index contributed by atoms with van der Waals surface area (Å²) in [6, 6.07) is 32.3. The second-order valence-electron chi connectivity index (χ2n) is 9.06. The zero-order valence-electron chi connectivity index (χ0n) is 21.2. The summed E-state index contributed by atoms with van der Waals surface area (Å²) in [5.74, 6) is 1.83. The van der Waals surface area contributed by atoms with Crippen LogP contribution in [0.1, 0.15) is 33.9 Å². The number of nitrogens with zero attached hydrogens (tertiary/aromatic N) is 2. The molecule has 190 valence electrons. The van der Waals surface area contributed by atoms with E-state index in [2.05, 4.69) is 6.07 Å². The third-order valence-electron chi connectivity index (χ3n) is 6.64. The molecule has 1 heterocycles. The minimum absolute atomic E-state index is 0.117. The van der Waals surface area contributed by atoms with Crippen molar-refractivity contribution >= 4 is 5.91 Å². The number of fused-ring (bicyclic) bond motifs is 1. The van der Waals surface area contributed by atoms with Gasteiger partial charge in [-0.25, -0.2) is 0 Å². The van der Waals surface area contributed by atoms with Crippen molar-refractivity contribution in [3.05, 3.63) is 125 Å². The van der Waals surface area contributed by atoms with Crippen molar-refractivity contribution in [1.29, 1.82) is 5.26 Å². The highest BCUT2D eigenvalue weighted by Crippen LogP contribution is 2.38. The lowest BCUT2D eigenvalue weighted by atomic mass is 9.97. The zero-order valence-corrected chi connectivity index (χ0v) is 21.2. The Kier molecular flexibility index (Phi) is 7.56. The molecule has 38 heavy (non-hydrogen) atoms. The number of rotatable bonds is 8. The molecule has 0 fully saturated rings. The summed E-state index contributed by atoms with van der Waals surface area (Å²) in [5.41, 5.74) is 4.47. The molecular weight excluding hydrogens is 476 g/mol. The van der Waals surface area contributed by atoms with Crippen LogP contribution in [-0.4, -0.2) is 24.5 Å². The molecule has 6 nitrogen and oxygen atoms in total. The first-order chi connectivity index (χ1) is 18.7. The van der Waals surface area contributed by atoms with Crippen LogP contribution in [0.25, 0.3) is 0 Å². The number of hydrogen-bond acceptors (Lipinski definition) is 5. The van der Waals surface area contributed by atoms with Crippen LogP contribution >= 0.6 is 0 Å². The molecule has 1 aliphatic rings. The molecule has 1 amide bonds. The summed E-state index contributed by atoms with van der Waals surface area (Å²) in [7, 11) is 1.64. The van der Waals surface area contributed by atoms with E-state index in [0.29, 0.717) is 43.2 Å². The van der Waals surface area contributed by atoms with E-state index in [1.165, 1.54) is 0 Å². The van der Waals surface area contributed by atoms with Crippen LogP contribution in [0, 0.1) is 11.3 Å². The second-order valence-corrected chi connectivity index (χ2v) is 9.06. The van der Waals surface area contributed by atoms with Gasteiger partial charge in [0.15, 0.2) is 11.5 Å². The van der Waals surface area contributed by atoms with Crippen LogP contribution in [0.2, 0.25) is 0 Å². The van der Waals surface area contributed by atoms with Gasteiger partial charge in [0, 0.05) is 24.2 Å². The monoisotopic (exact) mass is 504 g/mol. The van der Waals surface area contributed by atoms with E-state index in [9.17, 15) is 4.79 Å². The summed E-state index contributed by atoms with van der Waals surface area (Å²) in [6.45, 7) is 1.41. The van der Waals surface area contributed by atoms with Gasteiger partial charge in [0.2, 0.25) is 6.10 Å².